The molecule has 0 amide bonds. The van der Waals surface area contributed by atoms with Crippen molar-refractivity contribution in [2.24, 2.45) is 5.73 Å². The van der Waals surface area contributed by atoms with Gasteiger partial charge in [-0.1, -0.05) is 0 Å². The summed E-state index contributed by atoms with van der Waals surface area (Å²) in [4.78, 5) is 4.12. The molecule has 1 heterocycles. The second-order valence-electron chi connectivity index (χ2n) is 1.69. The molecule has 0 aromatic carbocycles. The normalized spacial score (nSPS) is 9.80. The van der Waals surface area contributed by atoms with Gasteiger partial charge in [-0.15, -0.1) is 11.3 Å². The van der Waals surface area contributed by atoms with Gasteiger partial charge in [0.25, 0.3) is 0 Å². The fourth-order valence-electron chi connectivity index (χ4n) is 0.514. The molecule has 0 radical (unpaired) electrons. The first-order chi connectivity index (χ1) is 4.83. The number of hydrogen-bond acceptors (Lipinski definition) is 4. The largest absolute Gasteiger partial charge is 0.360 e. The van der Waals surface area contributed by atoms with Crippen LogP contribution in [0.3, 0.4) is 0 Å². The van der Waals surface area contributed by atoms with E-state index >= 15 is 0 Å². The Kier molecular flexibility index (Phi) is 3.11. The van der Waals surface area contributed by atoms with Gasteiger partial charge in [-0.2, -0.15) is 0 Å². The van der Waals surface area contributed by atoms with E-state index in [4.69, 9.17) is 5.73 Å². The topological polar surface area (TPSA) is 50.9 Å². The van der Waals surface area contributed by atoms with Crippen LogP contribution in [0.1, 0.15) is 0 Å². The molecule has 0 aliphatic rings. The van der Waals surface area contributed by atoms with Crippen LogP contribution in [-0.4, -0.2) is 18.1 Å². The molecule has 3 nitrogen and oxygen atoms in total. The Morgan fingerprint density at radius 3 is 3.10 bits per heavy atom. The molecule has 1 aromatic rings. The van der Waals surface area contributed by atoms with Gasteiger partial charge in [-0.25, -0.2) is 4.98 Å². The van der Waals surface area contributed by atoms with Gasteiger partial charge >= 0.3 is 0 Å². The summed E-state index contributed by atoms with van der Waals surface area (Å²) in [5.41, 5.74) is 5.29. The monoisotopic (exact) mass is 221 g/mol. The van der Waals surface area contributed by atoms with Crippen LogP contribution < -0.4 is 11.1 Å². The molecule has 1 aromatic heterocycles. The third kappa shape index (κ3) is 2.24. The molecular weight excluding hydrogens is 214 g/mol. The minimum atomic E-state index is 0.636. The van der Waals surface area contributed by atoms with E-state index in [1.165, 1.54) is 0 Å². The Hall–Kier alpha value is -0.130. The highest BCUT2D eigenvalue weighted by Gasteiger charge is 1.95. The van der Waals surface area contributed by atoms with Crippen LogP contribution in [0.4, 0.5) is 5.13 Å². The number of halogens is 1. The fourth-order valence-corrected chi connectivity index (χ4v) is 1.69. The molecule has 0 fully saturated rings. The van der Waals surface area contributed by atoms with Crippen molar-refractivity contribution < 1.29 is 0 Å². The molecule has 0 aliphatic heterocycles. The molecule has 0 spiro atoms. The lowest BCUT2D eigenvalue weighted by Gasteiger charge is -1.95. The van der Waals surface area contributed by atoms with Gasteiger partial charge in [0.2, 0.25) is 0 Å². The van der Waals surface area contributed by atoms with Crippen molar-refractivity contribution in [1.82, 2.24) is 4.98 Å². The van der Waals surface area contributed by atoms with Crippen molar-refractivity contribution in [3.05, 3.63) is 9.98 Å². The number of nitrogens with two attached hydrogens (primary N) is 1. The van der Waals surface area contributed by atoms with E-state index in [0.29, 0.717) is 6.54 Å². The lowest BCUT2D eigenvalue weighted by molar-refractivity contribution is 1.02. The van der Waals surface area contributed by atoms with Gasteiger partial charge < -0.3 is 11.1 Å². The number of nitrogens with zero attached hydrogens (tertiary/aromatic N) is 1. The molecule has 10 heavy (non-hydrogen) atoms. The highest BCUT2D eigenvalue weighted by Crippen LogP contribution is 2.18. The van der Waals surface area contributed by atoms with Gasteiger partial charge in [0.1, 0.15) is 4.60 Å². The van der Waals surface area contributed by atoms with Crippen molar-refractivity contribution in [3.63, 3.8) is 0 Å². The predicted octanol–water partition coefficient (Wildman–Crippen LogP) is 1.28. The lowest BCUT2D eigenvalue weighted by Crippen LogP contribution is -2.12. The van der Waals surface area contributed by atoms with Crippen LogP contribution >= 0.6 is 27.3 Å². The van der Waals surface area contributed by atoms with E-state index in [2.05, 4.69) is 26.2 Å². The Labute approximate surface area is 71.8 Å². The zero-order valence-electron chi connectivity index (χ0n) is 5.30. The van der Waals surface area contributed by atoms with E-state index in [0.717, 1.165) is 16.3 Å². The van der Waals surface area contributed by atoms with Crippen molar-refractivity contribution in [2.75, 3.05) is 18.4 Å². The molecular formula is C5H8BrN3S. The summed E-state index contributed by atoms with van der Waals surface area (Å²) in [7, 11) is 0. The zero-order chi connectivity index (χ0) is 7.40. The van der Waals surface area contributed by atoms with E-state index in [9.17, 15) is 0 Å². The fraction of sp³-hybridized carbons (Fsp3) is 0.400. The number of thiazole rings is 1. The molecule has 0 saturated heterocycles. The number of hydrogen-bond donors (Lipinski definition) is 2. The third-order valence-corrected chi connectivity index (χ3v) is 2.41. The van der Waals surface area contributed by atoms with Crippen LogP contribution in [0.15, 0.2) is 9.98 Å². The van der Waals surface area contributed by atoms with Crippen molar-refractivity contribution in [1.29, 1.82) is 0 Å². The first-order valence-electron chi connectivity index (χ1n) is 2.88. The molecule has 3 N–H and O–H groups in total. The van der Waals surface area contributed by atoms with Crippen molar-refractivity contribution in [3.8, 4) is 0 Å². The van der Waals surface area contributed by atoms with Crippen LogP contribution in [0.2, 0.25) is 0 Å². The second-order valence-corrected chi connectivity index (χ2v) is 3.36. The van der Waals surface area contributed by atoms with E-state index < -0.39 is 0 Å². The van der Waals surface area contributed by atoms with Crippen molar-refractivity contribution in [2.45, 2.75) is 0 Å². The Balaban J connectivity index is 2.42. The second kappa shape index (κ2) is 3.90. The summed E-state index contributed by atoms with van der Waals surface area (Å²) in [6, 6.07) is 0. The summed E-state index contributed by atoms with van der Waals surface area (Å²) in [5.74, 6) is 0. The summed E-state index contributed by atoms with van der Waals surface area (Å²) >= 11 is 4.82. The van der Waals surface area contributed by atoms with Crippen molar-refractivity contribution >= 4 is 32.4 Å². The molecule has 56 valence electrons. The predicted molar refractivity (Wildman–Crippen MR) is 47.4 cm³/mol. The average molecular weight is 222 g/mol. The smallest absolute Gasteiger partial charge is 0.183 e. The van der Waals surface area contributed by atoms with Crippen LogP contribution in [0.25, 0.3) is 0 Å². The maximum Gasteiger partial charge on any atom is 0.183 e. The molecule has 5 heteroatoms. The molecule has 0 aliphatic carbocycles. The first-order valence-corrected chi connectivity index (χ1v) is 4.55. The number of rotatable bonds is 3. The molecule has 0 atom stereocenters. The maximum absolute atomic E-state index is 5.29. The summed E-state index contributed by atoms with van der Waals surface area (Å²) in [5, 5.41) is 5.91. The van der Waals surface area contributed by atoms with Gasteiger partial charge in [0, 0.05) is 18.5 Å². The standard InChI is InChI=1S/C5H8BrN3S/c6-4-3-10-5(9-4)8-2-1-7/h3H,1-2,7H2,(H,8,9). The van der Waals surface area contributed by atoms with Gasteiger partial charge in [0.15, 0.2) is 5.13 Å². The number of nitrogens with one attached hydrogen (secondary N) is 1. The van der Waals surface area contributed by atoms with Gasteiger partial charge in [-0.3, -0.25) is 0 Å². The summed E-state index contributed by atoms with van der Waals surface area (Å²) in [6.07, 6.45) is 0. The molecule has 1 rings (SSSR count). The maximum atomic E-state index is 5.29. The highest BCUT2D eigenvalue weighted by molar-refractivity contribution is 9.10. The highest BCUT2D eigenvalue weighted by atomic mass is 79.9. The summed E-state index contributed by atoms with van der Waals surface area (Å²) < 4.78 is 0.872. The van der Waals surface area contributed by atoms with Crippen LogP contribution in [0, 0.1) is 0 Å². The van der Waals surface area contributed by atoms with Gasteiger partial charge in [-0.05, 0) is 15.9 Å². The average Bonchev–Trinajstić information content (AvgIpc) is 2.31. The molecule has 0 saturated carbocycles. The third-order valence-electron chi connectivity index (χ3n) is 0.897. The van der Waals surface area contributed by atoms with E-state index in [1.54, 1.807) is 11.3 Å². The number of anilines is 1. The van der Waals surface area contributed by atoms with E-state index in [-0.39, 0.29) is 0 Å². The van der Waals surface area contributed by atoms with Crippen LogP contribution in [-0.2, 0) is 0 Å². The zero-order valence-corrected chi connectivity index (χ0v) is 7.70. The van der Waals surface area contributed by atoms with Crippen LogP contribution in [0.5, 0.6) is 0 Å². The molecule has 0 bridgehead atoms. The van der Waals surface area contributed by atoms with Gasteiger partial charge in [0.05, 0.1) is 0 Å². The summed E-state index contributed by atoms with van der Waals surface area (Å²) in [6.45, 7) is 1.41. The minimum absolute atomic E-state index is 0.636. The van der Waals surface area contributed by atoms with E-state index in [1.807, 2.05) is 5.38 Å². The Morgan fingerprint density at radius 2 is 2.60 bits per heavy atom. The SMILES string of the molecule is NCCNc1nc(Br)cs1. The minimum Gasteiger partial charge on any atom is -0.360 e. The first kappa shape index (κ1) is 7.97. The molecule has 0 unspecified atom stereocenters. The number of aromatic nitrogens is 1. The Bertz CT molecular complexity index is 201. The Morgan fingerprint density at radius 1 is 1.80 bits per heavy atom. The lowest BCUT2D eigenvalue weighted by atomic mass is 10.7. The quantitative estimate of drug-likeness (QED) is 0.809.